The first-order valence-electron chi connectivity index (χ1n) is 5.63. The second-order valence-electron chi connectivity index (χ2n) is 2.32. The minimum absolute atomic E-state index is 0.792. The standard InChI is InChI=1S/C9H11NO.2C2H6/c11-10-8-4-7-9-5-2-1-3-6-9;2*1-2/h1-3,5-6,8,11H,4,7H2;2*1-2H3/b10-8+;;. The van der Waals surface area contributed by atoms with Gasteiger partial charge >= 0.3 is 0 Å². The predicted octanol–water partition coefficient (Wildman–Crippen LogP) is 4.13. The Balaban J connectivity index is 0. The molecule has 0 aliphatic carbocycles. The summed E-state index contributed by atoms with van der Waals surface area (Å²) in [6.07, 6.45) is 3.23. The zero-order valence-electron chi connectivity index (χ0n) is 10.3. The van der Waals surface area contributed by atoms with E-state index in [1.807, 2.05) is 45.9 Å². The van der Waals surface area contributed by atoms with Gasteiger partial charge < -0.3 is 5.21 Å². The summed E-state index contributed by atoms with van der Waals surface area (Å²) in [6.45, 7) is 8.00. The number of nitrogens with zero attached hydrogens (tertiary/aromatic N) is 1. The Bertz CT molecular complexity index is 219. The maximum absolute atomic E-state index is 8.11. The van der Waals surface area contributed by atoms with Crippen molar-refractivity contribution >= 4 is 6.21 Å². The van der Waals surface area contributed by atoms with Crippen LogP contribution >= 0.6 is 0 Å². The third kappa shape index (κ3) is 10.6. The van der Waals surface area contributed by atoms with Gasteiger partial charge in [0.15, 0.2) is 0 Å². The smallest absolute Gasteiger partial charge is 0.0439 e. The second kappa shape index (κ2) is 15.2. The van der Waals surface area contributed by atoms with Crippen molar-refractivity contribution in [2.24, 2.45) is 5.16 Å². The lowest BCUT2D eigenvalue weighted by molar-refractivity contribution is 0.320. The first-order valence-corrected chi connectivity index (χ1v) is 5.63. The van der Waals surface area contributed by atoms with E-state index >= 15 is 0 Å². The molecule has 0 amide bonds. The van der Waals surface area contributed by atoms with Crippen LogP contribution in [0.3, 0.4) is 0 Å². The van der Waals surface area contributed by atoms with E-state index < -0.39 is 0 Å². The van der Waals surface area contributed by atoms with Gasteiger partial charge in [-0.15, -0.1) is 5.16 Å². The summed E-state index contributed by atoms with van der Waals surface area (Å²) in [5, 5.41) is 11.0. The van der Waals surface area contributed by atoms with E-state index in [2.05, 4.69) is 17.3 Å². The molecule has 0 aliphatic rings. The molecule has 0 heterocycles. The van der Waals surface area contributed by atoms with Gasteiger partial charge in [0.2, 0.25) is 0 Å². The molecule has 0 saturated heterocycles. The molecule has 1 aromatic carbocycles. The first kappa shape index (κ1) is 16.1. The highest BCUT2D eigenvalue weighted by atomic mass is 16.4. The number of rotatable bonds is 3. The van der Waals surface area contributed by atoms with Gasteiger partial charge in [0.25, 0.3) is 0 Å². The number of aryl methyl sites for hydroxylation is 1. The van der Waals surface area contributed by atoms with Gasteiger partial charge in [-0.1, -0.05) is 58.0 Å². The van der Waals surface area contributed by atoms with Crippen molar-refractivity contribution in [1.82, 2.24) is 0 Å². The van der Waals surface area contributed by atoms with Gasteiger partial charge in [-0.05, 0) is 18.4 Å². The van der Waals surface area contributed by atoms with Crippen LogP contribution in [0.4, 0.5) is 0 Å². The molecule has 86 valence electrons. The molecular weight excluding hydrogens is 186 g/mol. The van der Waals surface area contributed by atoms with Gasteiger partial charge in [0.1, 0.15) is 0 Å². The maximum Gasteiger partial charge on any atom is 0.0439 e. The van der Waals surface area contributed by atoms with E-state index in [9.17, 15) is 0 Å². The molecule has 2 nitrogen and oxygen atoms in total. The molecule has 0 radical (unpaired) electrons. The van der Waals surface area contributed by atoms with Crippen molar-refractivity contribution in [2.75, 3.05) is 0 Å². The SMILES string of the molecule is CC.CC.O/N=C/CCc1ccccc1. The monoisotopic (exact) mass is 209 g/mol. The number of benzene rings is 1. The Morgan fingerprint density at radius 3 is 2.07 bits per heavy atom. The Morgan fingerprint density at radius 2 is 1.60 bits per heavy atom. The maximum atomic E-state index is 8.11. The Kier molecular flexibility index (Phi) is 16.3. The zero-order chi connectivity index (χ0) is 11.9. The van der Waals surface area contributed by atoms with Crippen LogP contribution in [-0.4, -0.2) is 11.4 Å². The lowest BCUT2D eigenvalue weighted by atomic mass is 10.1. The molecule has 1 rings (SSSR count). The van der Waals surface area contributed by atoms with E-state index in [4.69, 9.17) is 5.21 Å². The molecule has 2 heteroatoms. The number of hydrogen-bond donors (Lipinski definition) is 1. The third-order valence-electron chi connectivity index (χ3n) is 1.49. The van der Waals surface area contributed by atoms with Crippen LogP contribution in [0.25, 0.3) is 0 Å². The van der Waals surface area contributed by atoms with Crippen LogP contribution in [0.2, 0.25) is 0 Å². The van der Waals surface area contributed by atoms with E-state index in [-0.39, 0.29) is 0 Å². The van der Waals surface area contributed by atoms with Gasteiger partial charge in [-0.3, -0.25) is 0 Å². The van der Waals surface area contributed by atoms with Crippen molar-refractivity contribution in [3.63, 3.8) is 0 Å². The Hall–Kier alpha value is -1.31. The first-order chi connectivity index (χ1) is 7.43. The molecule has 1 aromatic rings. The predicted molar refractivity (Wildman–Crippen MR) is 67.7 cm³/mol. The van der Waals surface area contributed by atoms with E-state index in [1.54, 1.807) is 0 Å². The number of hydrogen-bond acceptors (Lipinski definition) is 2. The summed E-state index contributed by atoms with van der Waals surface area (Å²) in [6, 6.07) is 10.1. The van der Waals surface area contributed by atoms with Crippen LogP contribution < -0.4 is 0 Å². The molecule has 1 N–H and O–H groups in total. The molecule has 0 aliphatic heterocycles. The van der Waals surface area contributed by atoms with Crippen molar-refractivity contribution in [3.05, 3.63) is 35.9 Å². The molecule has 0 saturated carbocycles. The fourth-order valence-electron chi connectivity index (χ4n) is 0.934. The number of oxime groups is 1. The highest BCUT2D eigenvalue weighted by Crippen LogP contribution is 2.00. The summed E-state index contributed by atoms with van der Waals surface area (Å²) in [5.74, 6) is 0. The highest BCUT2D eigenvalue weighted by molar-refractivity contribution is 5.56. The molecule has 0 unspecified atom stereocenters. The lowest BCUT2D eigenvalue weighted by Gasteiger charge is -1.94. The molecule has 0 fully saturated rings. The van der Waals surface area contributed by atoms with E-state index in [1.165, 1.54) is 11.8 Å². The quantitative estimate of drug-likeness (QED) is 0.453. The molecule has 0 bridgehead atoms. The summed E-state index contributed by atoms with van der Waals surface area (Å²) < 4.78 is 0. The molecule has 15 heavy (non-hydrogen) atoms. The van der Waals surface area contributed by atoms with Crippen molar-refractivity contribution < 1.29 is 5.21 Å². The van der Waals surface area contributed by atoms with Crippen molar-refractivity contribution in [1.29, 1.82) is 0 Å². The third-order valence-corrected chi connectivity index (χ3v) is 1.49. The van der Waals surface area contributed by atoms with Gasteiger partial charge in [-0.25, -0.2) is 0 Å². The van der Waals surface area contributed by atoms with Crippen LogP contribution in [0.1, 0.15) is 39.7 Å². The van der Waals surface area contributed by atoms with E-state index in [0.29, 0.717) is 0 Å². The van der Waals surface area contributed by atoms with Gasteiger partial charge in [0, 0.05) is 6.21 Å². The molecule has 0 atom stereocenters. The minimum Gasteiger partial charge on any atom is -0.411 e. The largest absolute Gasteiger partial charge is 0.411 e. The summed E-state index contributed by atoms with van der Waals surface area (Å²) in [4.78, 5) is 0. The fraction of sp³-hybridized carbons (Fsp3) is 0.462. The average molecular weight is 209 g/mol. The van der Waals surface area contributed by atoms with Crippen LogP contribution in [0.15, 0.2) is 35.5 Å². The minimum atomic E-state index is 0.792. The van der Waals surface area contributed by atoms with Gasteiger partial charge in [-0.2, -0.15) is 0 Å². The van der Waals surface area contributed by atoms with Gasteiger partial charge in [0.05, 0.1) is 0 Å². The average Bonchev–Trinajstić information content (AvgIpc) is 2.36. The van der Waals surface area contributed by atoms with Crippen LogP contribution in [-0.2, 0) is 6.42 Å². The van der Waals surface area contributed by atoms with Crippen molar-refractivity contribution in [2.45, 2.75) is 40.5 Å². The van der Waals surface area contributed by atoms with E-state index in [0.717, 1.165) is 12.8 Å². The summed E-state index contributed by atoms with van der Waals surface area (Å²) in [5.41, 5.74) is 1.27. The molecule has 0 aromatic heterocycles. The molecule has 0 spiro atoms. The van der Waals surface area contributed by atoms with Crippen LogP contribution in [0.5, 0.6) is 0 Å². The van der Waals surface area contributed by atoms with Crippen LogP contribution in [0, 0.1) is 0 Å². The second-order valence-corrected chi connectivity index (χ2v) is 2.32. The summed E-state index contributed by atoms with van der Waals surface area (Å²) >= 11 is 0. The molecular formula is C13H23NO. The fourth-order valence-corrected chi connectivity index (χ4v) is 0.934. The topological polar surface area (TPSA) is 32.6 Å². The zero-order valence-corrected chi connectivity index (χ0v) is 10.3. The Morgan fingerprint density at radius 1 is 1.07 bits per heavy atom. The summed E-state index contributed by atoms with van der Waals surface area (Å²) in [7, 11) is 0. The van der Waals surface area contributed by atoms with Crippen molar-refractivity contribution in [3.8, 4) is 0 Å². The lowest BCUT2D eigenvalue weighted by Crippen LogP contribution is -1.84. The Labute approximate surface area is 93.6 Å². The highest BCUT2D eigenvalue weighted by Gasteiger charge is 1.87. The normalized spacial score (nSPS) is 8.53.